The topological polar surface area (TPSA) is 59.9 Å². The number of rotatable bonds is 8. The molecule has 2 rings (SSSR count). The lowest BCUT2D eigenvalue weighted by atomic mass is 10.1. The van der Waals surface area contributed by atoms with E-state index in [0.717, 1.165) is 30.5 Å². The van der Waals surface area contributed by atoms with Crippen molar-refractivity contribution in [1.82, 2.24) is 15.5 Å². The van der Waals surface area contributed by atoms with Gasteiger partial charge in [-0.25, -0.2) is 4.99 Å². The molecule has 1 fully saturated rings. The fourth-order valence-corrected chi connectivity index (χ4v) is 4.07. The second-order valence-electron chi connectivity index (χ2n) is 7.51. The first-order valence-corrected chi connectivity index (χ1v) is 10.3. The minimum atomic E-state index is -0.923. The van der Waals surface area contributed by atoms with Crippen molar-refractivity contribution < 1.29 is 5.11 Å². The van der Waals surface area contributed by atoms with Crippen LogP contribution < -0.4 is 10.6 Å². The van der Waals surface area contributed by atoms with Crippen LogP contribution in [0.15, 0.2) is 22.5 Å². The van der Waals surface area contributed by atoms with Crippen LogP contribution in [0.4, 0.5) is 0 Å². The lowest BCUT2D eigenvalue weighted by molar-refractivity contribution is 0.0711. The SMILES string of the molecule is CCNC(=NCC(C)(O)c1cccs1)NC[C@H]1CCCN1CC(C)C. The van der Waals surface area contributed by atoms with Gasteiger partial charge in [0.2, 0.25) is 0 Å². The molecule has 2 atom stereocenters. The van der Waals surface area contributed by atoms with Crippen LogP contribution in [-0.2, 0) is 5.60 Å². The number of likely N-dealkylation sites (tertiary alicyclic amines) is 1. The Bertz CT molecular complexity index is 528. The molecule has 1 saturated heterocycles. The molecular formula is C19H34N4OS. The zero-order chi connectivity index (χ0) is 18.3. The van der Waals surface area contributed by atoms with E-state index in [1.165, 1.54) is 19.4 Å². The monoisotopic (exact) mass is 366 g/mol. The van der Waals surface area contributed by atoms with Gasteiger partial charge in [-0.15, -0.1) is 11.3 Å². The predicted molar refractivity (Wildman–Crippen MR) is 107 cm³/mol. The van der Waals surface area contributed by atoms with Gasteiger partial charge in [0.25, 0.3) is 0 Å². The summed E-state index contributed by atoms with van der Waals surface area (Å²) in [4.78, 5) is 8.16. The maximum absolute atomic E-state index is 10.7. The van der Waals surface area contributed by atoms with E-state index in [1.807, 2.05) is 24.4 Å². The van der Waals surface area contributed by atoms with Crippen molar-refractivity contribution in [2.45, 2.75) is 52.2 Å². The summed E-state index contributed by atoms with van der Waals surface area (Å²) in [7, 11) is 0. The quantitative estimate of drug-likeness (QED) is 0.489. The van der Waals surface area contributed by atoms with Gasteiger partial charge in [-0.3, -0.25) is 4.90 Å². The Kier molecular flexibility index (Phi) is 7.72. The van der Waals surface area contributed by atoms with Crippen molar-refractivity contribution in [2.24, 2.45) is 10.9 Å². The highest BCUT2D eigenvalue weighted by Crippen LogP contribution is 2.25. The normalized spacial score (nSPS) is 21.5. The predicted octanol–water partition coefficient (Wildman–Crippen LogP) is 2.63. The van der Waals surface area contributed by atoms with Crippen molar-refractivity contribution in [3.05, 3.63) is 22.4 Å². The van der Waals surface area contributed by atoms with Gasteiger partial charge in [-0.2, -0.15) is 0 Å². The van der Waals surface area contributed by atoms with E-state index in [1.54, 1.807) is 11.3 Å². The summed E-state index contributed by atoms with van der Waals surface area (Å²) in [5, 5.41) is 19.4. The Hall–Kier alpha value is -1.11. The molecule has 1 aromatic rings. The molecule has 2 heterocycles. The Morgan fingerprint density at radius 3 is 2.92 bits per heavy atom. The summed E-state index contributed by atoms with van der Waals surface area (Å²) in [6, 6.07) is 4.50. The van der Waals surface area contributed by atoms with Gasteiger partial charge in [-0.1, -0.05) is 19.9 Å². The molecule has 0 bridgehead atoms. The van der Waals surface area contributed by atoms with Crippen LogP contribution in [0.1, 0.15) is 45.4 Å². The largest absolute Gasteiger partial charge is 0.383 e. The maximum atomic E-state index is 10.7. The van der Waals surface area contributed by atoms with E-state index in [0.29, 0.717) is 18.5 Å². The molecule has 25 heavy (non-hydrogen) atoms. The second kappa shape index (κ2) is 9.55. The summed E-state index contributed by atoms with van der Waals surface area (Å²) >= 11 is 1.57. The van der Waals surface area contributed by atoms with Gasteiger partial charge < -0.3 is 15.7 Å². The average molecular weight is 367 g/mol. The van der Waals surface area contributed by atoms with Crippen molar-refractivity contribution >= 4 is 17.3 Å². The van der Waals surface area contributed by atoms with Crippen LogP contribution >= 0.6 is 11.3 Å². The first kappa shape index (κ1) is 20.2. The summed E-state index contributed by atoms with van der Waals surface area (Å²) in [6.45, 7) is 12.9. The Balaban J connectivity index is 1.91. The van der Waals surface area contributed by atoms with Gasteiger partial charge in [0.1, 0.15) is 5.60 Å². The van der Waals surface area contributed by atoms with Crippen molar-refractivity contribution in [1.29, 1.82) is 0 Å². The molecule has 0 amide bonds. The van der Waals surface area contributed by atoms with Crippen LogP contribution in [-0.4, -0.2) is 54.7 Å². The molecule has 6 heteroatoms. The average Bonchev–Trinajstić information content (AvgIpc) is 3.22. The summed E-state index contributed by atoms with van der Waals surface area (Å²) in [6.07, 6.45) is 2.52. The number of guanidine groups is 1. The van der Waals surface area contributed by atoms with Gasteiger partial charge in [0, 0.05) is 30.6 Å². The van der Waals surface area contributed by atoms with E-state index in [4.69, 9.17) is 0 Å². The van der Waals surface area contributed by atoms with Crippen LogP contribution in [0, 0.1) is 5.92 Å². The lowest BCUT2D eigenvalue weighted by Crippen LogP contribution is -2.46. The van der Waals surface area contributed by atoms with E-state index in [-0.39, 0.29) is 0 Å². The van der Waals surface area contributed by atoms with Crippen LogP contribution in [0.2, 0.25) is 0 Å². The molecule has 5 nitrogen and oxygen atoms in total. The van der Waals surface area contributed by atoms with Crippen LogP contribution in [0.3, 0.4) is 0 Å². The third kappa shape index (κ3) is 6.28. The van der Waals surface area contributed by atoms with E-state index < -0.39 is 5.60 Å². The highest BCUT2D eigenvalue weighted by molar-refractivity contribution is 7.10. The number of aliphatic hydroxyl groups is 1. The molecule has 3 N–H and O–H groups in total. The summed E-state index contributed by atoms with van der Waals surface area (Å²) in [5.74, 6) is 1.49. The smallest absolute Gasteiger partial charge is 0.191 e. The molecule has 0 spiro atoms. The minimum absolute atomic E-state index is 0.350. The molecule has 0 aliphatic carbocycles. The van der Waals surface area contributed by atoms with Crippen molar-refractivity contribution in [2.75, 3.05) is 32.7 Å². The fraction of sp³-hybridized carbons (Fsp3) is 0.737. The molecule has 1 unspecified atom stereocenters. The summed E-state index contributed by atoms with van der Waals surface area (Å²) in [5.41, 5.74) is -0.923. The van der Waals surface area contributed by atoms with Gasteiger partial charge in [0.05, 0.1) is 6.54 Å². The third-order valence-corrected chi connectivity index (χ3v) is 5.67. The highest BCUT2D eigenvalue weighted by atomic mass is 32.1. The third-order valence-electron chi connectivity index (χ3n) is 4.55. The highest BCUT2D eigenvalue weighted by Gasteiger charge is 2.26. The maximum Gasteiger partial charge on any atom is 0.191 e. The van der Waals surface area contributed by atoms with Crippen molar-refractivity contribution in [3.63, 3.8) is 0 Å². The van der Waals surface area contributed by atoms with Crippen molar-refractivity contribution in [3.8, 4) is 0 Å². The number of nitrogens with zero attached hydrogens (tertiary/aromatic N) is 2. The van der Waals surface area contributed by atoms with E-state index in [2.05, 4.69) is 41.3 Å². The molecule has 0 aromatic carbocycles. The fourth-order valence-electron chi connectivity index (χ4n) is 3.29. The Morgan fingerprint density at radius 2 is 2.28 bits per heavy atom. The number of hydrogen-bond donors (Lipinski definition) is 3. The number of aliphatic imine (C=N–C) groups is 1. The lowest BCUT2D eigenvalue weighted by Gasteiger charge is -2.27. The van der Waals surface area contributed by atoms with Gasteiger partial charge in [-0.05, 0) is 50.6 Å². The Morgan fingerprint density at radius 1 is 1.48 bits per heavy atom. The van der Waals surface area contributed by atoms with E-state index in [9.17, 15) is 5.11 Å². The molecule has 0 radical (unpaired) electrons. The van der Waals surface area contributed by atoms with Crippen LogP contribution in [0.25, 0.3) is 0 Å². The number of thiophene rings is 1. The molecular weight excluding hydrogens is 332 g/mol. The molecule has 1 aliphatic rings. The van der Waals surface area contributed by atoms with Gasteiger partial charge >= 0.3 is 0 Å². The molecule has 1 aromatic heterocycles. The van der Waals surface area contributed by atoms with Crippen LogP contribution in [0.5, 0.6) is 0 Å². The number of hydrogen-bond acceptors (Lipinski definition) is 4. The first-order chi connectivity index (χ1) is 11.9. The number of nitrogens with one attached hydrogen (secondary N) is 2. The second-order valence-corrected chi connectivity index (χ2v) is 8.46. The van der Waals surface area contributed by atoms with Gasteiger partial charge in [0.15, 0.2) is 5.96 Å². The zero-order valence-electron chi connectivity index (χ0n) is 16.1. The molecule has 142 valence electrons. The van der Waals surface area contributed by atoms with E-state index >= 15 is 0 Å². The Labute approximate surface area is 156 Å². The molecule has 1 aliphatic heterocycles. The zero-order valence-corrected chi connectivity index (χ0v) is 16.9. The standard InChI is InChI=1S/C19H34N4OS/c1-5-20-18(22-14-19(4,24)17-9-7-11-25-17)21-12-16-8-6-10-23(16)13-15(2)3/h7,9,11,15-16,24H,5-6,8,10,12-14H2,1-4H3,(H2,20,21,22)/t16-,19?/m1/s1. The first-order valence-electron chi connectivity index (χ1n) is 9.45. The minimum Gasteiger partial charge on any atom is -0.383 e. The summed E-state index contributed by atoms with van der Waals surface area (Å²) < 4.78 is 0. The molecule has 0 saturated carbocycles.